The van der Waals surface area contributed by atoms with Gasteiger partial charge in [0.1, 0.15) is 0 Å². The Morgan fingerprint density at radius 2 is 1.92 bits per heavy atom. The summed E-state index contributed by atoms with van der Waals surface area (Å²) >= 11 is 0. The maximum Gasteiger partial charge on any atom is 0.251 e. The largest absolute Gasteiger partial charge is 0.390 e. The maximum absolute atomic E-state index is 13.1. The van der Waals surface area contributed by atoms with Gasteiger partial charge in [0.2, 0.25) is 0 Å². The van der Waals surface area contributed by atoms with Crippen LogP contribution in [0, 0.1) is 11.8 Å². The lowest BCUT2D eigenvalue weighted by molar-refractivity contribution is -0.139. The van der Waals surface area contributed by atoms with E-state index in [1.165, 1.54) is 6.42 Å². The van der Waals surface area contributed by atoms with Gasteiger partial charge in [-0.25, -0.2) is 0 Å². The van der Waals surface area contributed by atoms with E-state index in [4.69, 9.17) is 5.73 Å². The Morgan fingerprint density at radius 1 is 1.15 bits per heavy atom. The number of hydrogen-bond acceptors (Lipinski definition) is 3. The minimum atomic E-state index is -0.562. The van der Waals surface area contributed by atoms with Crippen molar-refractivity contribution in [1.29, 1.82) is 0 Å². The highest BCUT2D eigenvalue weighted by molar-refractivity contribution is 5.99. The van der Waals surface area contributed by atoms with Gasteiger partial charge in [0.25, 0.3) is 5.91 Å². The van der Waals surface area contributed by atoms with Gasteiger partial charge in [-0.2, -0.15) is 0 Å². The number of carbonyl (C=O) groups is 1. The first kappa shape index (κ1) is 16.3. The molecule has 2 aromatic carbocycles. The number of fused-ring (bicyclic) bond motifs is 1. The van der Waals surface area contributed by atoms with E-state index in [0.29, 0.717) is 30.4 Å². The summed E-state index contributed by atoms with van der Waals surface area (Å²) in [5, 5.41) is 16.4. The van der Waals surface area contributed by atoms with Crippen LogP contribution in [0.3, 0.4) is 0 Å². The van der Waals surface area contributed by atoms with Crippen molar-refractivity contribution in [3.8, 4) is 0 Å². The molecule has 2 atom stereocenters. The molecule has 2 aromatic rings. The summed E-state index contributed by atoms with van der Waals surface area (Å²) in [6.45, 7) is 0.461. The van der Waals surface area contributed by atoms with E-state index in [1.807, 2.05) is 36.4 Å². The predicted octanol–water partition coefficient (Wildman–Crippen LogP) is 3.11. The lowest BCUT2D eigenvalue weighted by Gasteiger charge is -2.60. The van der Waals surface area contributed by atoms with Gasteiger partial charge in [0.15, 0.2) is 0 Å². The van der Waals surface area contributed by atoms with Gasteiger partial charge in [0.05, 0.1) is 5.60 Å². The molecule has 4 saturated carbocycles. The minimum absolute atomic E-state index is 0.0238. The van der Waals surface area contributed by atoms with Crippen molar-refractivity contribution >= 4 is 16.7 Å². The Bertz CT molecular complexity index is 877. The summed E-state index contributed by atoms with van der Waals surface area (Å²) in [5.74, 6) is 1.09. The molecule has 0 saturated heterocycles. The van der Waals surface area contributed by atoms with Crippen molar-refractivity contribution < 1.29 is 9.90 Å². The fourth-order valence-electron chi connectivity index (χ4n) is 6.33. The van der Waals surface area contributed by atoms with Crippen LogP contribution in [0.15, 0.2) is 36.4 Å². The van der Waals surface area contributed by atoms with Gasteiger partial charge in [-0.15, -0.1) is 0 Å². The minimum Gasteiger partial charge on any atom is -0.390 e. The fraction of sp³-hybridized carbons (Fsp3) is 0.500. The Balaban J connectivity index is 1.45. The number of carbonyl (C=O) groups excluding carboxylic acids is 1. The number of hydrogen-bond donors (Lipinski definition) is 3. The zero-order valence-electron chi connectivity index (χ0n) is 15.0. The molecular formula is C22H26N2O2. The molecule has 4 nitrogen and oxygen atoms in total. The summed E-state index contributed by atoms with van der Waals surface area (Å²) in [7, 11) is 0. The number of benzene rings is 2. The third-order valence-electron chi connectivity index (χ3n) is 6.86. The highest BCUT2D eigenvalue weighted by Crippen LogP contribution is 2.57. The molecular weight excluding hydrogens is 324 g/mol. The van der Waals surface area contributed by atoms with Gasteiger partial charge in [-0.1, -0.05) is 24.3 Å². The molecule has 4 bridgehead atoms. The van der Waals surface area contributed by atoms with Crippen molar-refractivity contribution in [2.75, 3.05) is 0 Å². The quantitative estimate of drug-likeness (QED) is 0.796. The van der Waals surface area contributed by atoms with Crippen LogP contribution in [-0.2, 0) is 6.54 Å². The number of amides is 1. The summed E-state index contributed by atoms with van der Waals surface area (Å²) in [5.41, 5.74) is 6.82. The number of aliphatic hydroxyl groups is 1. The molecule has 4 aliphatic rings. The molecule has 0 heterocycles. The van der Waals surface area contributed by atoms with E-state index >= 15 is 0 Å². The van der Waals surface area contributed by atoms with Gasteiger partial charge >= 0.3 is 0 Å². The molecule has 6 rings (SSSR count). The predicted molar refractivity (Wildman–Crippen MR) is 102 cm³/mol. The molecule has 0 aromatic heterocycles. The summed E-state index contributed by atoms with van der Waals surface area (Å²) in [6.07, 6.45) is 5.78. The van der Waals surface area contributed by atoms with Crippen LogP contribution in [0.4, 0.5) is 0 Å². The second-order valence-electron chi connectivity index (χ2n) is 8.98. The zero-order chi connectivity index (χ0) is 17.9. The first-order chi connectivity index (χ1) is 12.5. The molecule has 0 aliphatic heterocycles. The molecule has 0 spiro atoms. The van der Waals surface area contributed by atoms with Gasteiger partial charge < -0.3 is 16.2 Å². The average Bonchev–Trinajstić information content (AvgIpc) is 2.58. The SMILES string of the molecule is NCc1cccc2ccc(C(=O)NC34CC5CC(CC(O)(C5)C3)C4)cc12. The van der Waals surface area contributed by atoms with Gasteiger partial charge in [-0.3, -0.25) is 4.79 Å². The van der Waals surface area contributed by atoms with E-state index in [9.17, 15) is 9.90 Å². The van der Waals surface area contributed by atoms with Crippen LogP contribution < -0.4 is 11.1 Å². The molecule has 26 heavy (non-hydrogen) atoms. The van der Waals surface area contributed by atoms with Crippen molar-refractivity contribution in [2.24, 2.45) is 17.6 Å². The average molecular weight is 350 g/mol. The molecule has 1 amide bonds. The summed E-state index contributed by atoms with van der Waals surface area (Å²) in [4.78, 5) is 13.1. The van der Waals surface area contributed by atoms with E-state index in [-0.39, 0.29) is 11.4 Å². The second kappa shape index (κ2) is 5.54. The van der Waals surface area contributed by atoms with E-state index < -0.39 is 5.60 Å². The van der Waals surface area contributed by atoms with Gasteiger partial charge in [0, 0.05) is 17.6 Å². The van der Waals surface area contributed by atoms with E-state index in [1.54, 1.807) is 0 Å². The normalized spacial score (nSPS) is 35.0. The number of rotatable bonds is 3. The Hall–Kier alpha value is -1.91. The maximum atomic E-state index is 13.1. The number of nitrogens with two attached hydrogens (primary N) is 1. The molecule has 4 heteroatoms. The molecule has 2 unspecified atom stereocenters. The van der Waals surface area contributed by atoms with Crippen LogP contribution in [0.5, 0.6) is 0 Å². The zero-order valence-corrected chi connectivity index (χ0v) is 15.0. The third-order valence-corrected chi connectivity index (χ3v) is 6.86. The lowest BCUT2D eigenvalue weighted by Crippen LogP contribution is -2.65. The van der Waals surface area contributed by atoms with Crippen LogP contribution in [-0.4, -0.2) is 22.2 Å². The van der Waals surface area contributed by atoms with Crippen molar-refractivity contribution in [2.45, 2.75) is 56.2 Å². The monoisotopic (exact) mass is 350 g/mol. The van der Waals surface area contributed by atoms with Crippen molar-refractivity contribution in [3.63, 3.8) is 0 Å². The smallest absolute Gasteiger partial charge is 0.251 e. The molecule has 4 aliphatic carbocycles. The van der Waals surface area contributed by atoms with E-state index in [0.717, 1.165) is 42.0 Å². The van der Waals surface area contributed by atoms with Gasteiger partial charge in [-0.05, 0) is 78.8 Å². The van der Waals surface area contributed by atoms with Crippen LogP contribution in [0.1, 0.15) is 54.4 Å². The topological polar surface area (TPSA) is 75.4 Å². The third kappa shape index (κ3) is 2.55. The fourth-order valence-corrected chi connectivity index (χ4v) is 6.33. The Morgan fingerprint density at radius 3 is 2.62 bits per heavy atom. The summed E-state index contributed by atoms with van der Waals surface area (Å²) < 4.78 is 0. The van der Waals surface area contributed by atoms with Crippen LogP contribution in [0.25, 0.3) is 10.8 Å². The first-order valence-electron chi connectivity index (χ1n) is 9.74. The molecule has 4 fully saturated rings. The number of nitrogens with one attached hydrogen (secondary N) is 1. The first-order valence-corrected chi connectivity index (χ1v) is 9.74. The summed E-state index contributed by atoms with van der Waals surface area (Å²) in [6, 6.07) is 11.9. The Kier molecular flexibility index (Phi) is 3.47. The standard InChI is InChI=1S/C22H26N2O2/c23-12-18-3-1-2-16-4-5-17(7-19(16)18)20(25)24-21-8-14-6-15(9-21)11-22(26,10-14)13-21/h1-5,7,14-15,26H,6,8-13,23H2,(H,24,25). The lowest BCUT2D eigenvalue weighted by atomic mass is 9.51. The van der Waals surface area contributed by atoms with Crippen molar-refractivity contribution in [1.82, 2.24) is 5.32 Å². The highest BCUT2D eigenvalue weighted by atomic mass is 16.3. The second-order valence-corrected chi connectivity index (χ2v) is 8.98. The molecule has 136 valence electrons. The Labute approximate surface area is 153 Å². The van der Waals surface area contributed by atoms with Crippen LogP contribution >= 0.6 is 0 Å². The van der Waals surface area contributed by atoms with Crippen molar-refractivity contribution in [3.05, 3.63) is 47.5 Å². The van der Waals surface area contributed by atoms with E-state index in [2.05, 4.69) is 5.32 Å². The van der Waals surface area contributed by atoms with Crippen LogP contribution in [0.2, 0.25) is 0 Å². The molecule has 4 N–H and O–H groups in total. The highest BCUT2D eigenvalue weighted by Gasteiger charge is 2.57. The molecule has 0 radical (unpaired) electrons.